The molecule has 9 heteroatoms. The van der Waals surface area contributed by atoms with Crippen LogP contribution in [-0.4, -0.2) is 22.4 Å². The second-order valence-electron chi connectivity index (χ2n) is 6.94. The zero-order chi connectivity index (χ0) is 22.4. The number of alkyl halides is 3. The molecular formula is C22H22F4N4O. The Morgan fingerprint density at radius 3 is 2.52 bits per heavy atom. The molecular weight excluding hydrogens is 412 g/mol. The fourth-order valence-corrected chi connectivity index (χ4v) is 2.75. The molecule has 0 unspecified atom stereocenters. The number of hydrogen-bond acceptors (Lipinski definition) is 5. The Hall–Kier alpha value is -3.36. The van der Waals surface area contributed by atoms with E-state index >= 15 is 0 Å². The number of nitrogens with zero attached hydrogens (tertiary/aromatic N) is 2. The molecule has 0 aliphatic heterocycles. The topological polar surface area (TPSA) is 59.1 Å². The molecule has 5 nitrogen and oxygen atoms in total. The molecule has 0 amide bonds. The third kappa shape index (κ3) is 6.56. The van der Waals surface area contributed by atoms with Crippen molar-refractivity contribution in [3.8, 4) is 17.0 Å². The van der Waals surface area contributed by atoms with Gasteiger partial charge in [0.05, 0.1) is 5.69 Å². The number of aromatic nitrogens is 2. The Balaban J connectivity index is 1.92. The van der Waals surface area contributed by atoms with Gasteiger partial charge in [0.15, 0.2) is 0 Å². The van der Waals surface area contributed by atoms with E-state index in [1.54, 1.807) is 30.3 Å². The molecule has 3 rings (SSSR count). The lowest BCUT2D eigenvalue weighted by atomic mass is 10.1. The Morgan fingerprint density at radius 1 is 1.03 bits per heavy atom. The zero-order valence-corrected chi connectivity index (χ0v) is 17.0. The summed E-state index contributed by atoms with van der Waals surface area (Å²) in [5.41, 5.74) is 1.27. The summed E-state index contributed by atoms with van der Waals surface area (Å²) in [5.74, 6) is 0.0198. The van der Waals surface area contributed by atoms with Gasteiger partial charge in [0, 0.05) is 29.8 Å². The third-order valence-electron chi connectivity index (χ3n) is 4.50. The van der Waals surface area contributed by atoms with Crippen molar-refractivity contribution in [3.05, 3.63) is 66.0 Å². The van der Waals surface area contributed by atoms with Gasteiger partial charge in [0.1, 0.15) is 17.4 Å². The first-order valence-electron chi connectivity index (χ1n) is 9.72. The van der Waals surface area contributed by atoms with Gasteiger partial charge in [-0.15, -0.1) is 13.2 Å². The summed E-state index contributed by atoms with van der Waals surface area (Å²) < 4.78 is 55.7. The van der Waals surface area contributed by atoms with Crippen LogP contribution in [0.2, 0.25) is 0 Å². The molecule has 0 radical (unpaired) electrons. The third-order valence-corrected chi connectivity index (χ3v) is 4.50. The minimum absolute atomic E-state index is 0.0783. The summed E-state index contributed by atoms with van der Waals surface area (Å²) in [5, 5.41) is 6.21. The average molecular weight is 434 g/mol. The van der Waals surface area contributed by atoms with E-state index < -0.39 is 6.36 Å². The number of halogens is 4. The van der Waals surface area contributed by atoms with Gasteiger partial charge in [-0.3, -0.25) is 0 Å². The summed E-state index contributed by atoms with van der Waals surface area (Å²) in [6.07, 6.45) is -3.97. The Labute approximate surface area is 177 Å². The van der Waals surface area contributed by atoms with Gasteiger partial charge in [-0.05, 0) is 31.5 Å². The maximum Gasteiger partial charge on any atom is 0.573 e. The van der Waals surface area contributed by atoms with E-state index in [4.69, 9.17) is 0 Å². The van der Waals surface area contributed by atoms with Gasteiger partial charge in [0.2, 0.25) is 5.95 Å². The van der Waals surface area contributed by atoms with Crippen LogP contribution >= 0.6 is 0 Å². The van der Waals surface area contributed by atoms with Gasteiger partial charge >= 0.3 is 6.36 Å². The predicted molar refractivity (Wildman–Crippen MR) is 111 cm³/mol. The Morgan fingerprint density at radius 2 is 1.81 bits per heavy atom. The lowest BCUT2D eigenvalue weighted by molar-refractivity contribution is -0.274. The van der Waals surface area contributed by atoms with E-state index in [2.05, 4.69) is 25.3 Å². The van der Waals surface area contributed by atoms with E-state index in [1.807, 2.05) is 13.8 Å². The van der Waals surface area contributed by atoms with Crippen molar-refractivity contribution in [3.63, 3.8) is 0 Å². The standard InChI is InChI=1S/C22H22F4N4O/c1-3-14(2)28-21-29-19(15-8-6-9-17(11-15)31-22(24,25)26)12-20(30-21)27-13-16-7-4-5-10-18(16)23/h4-12,14H,3,13H2,1-2H3,(H2,27,28,29,30)/t14-/m1/s1. The van der Waals surface area contributed by atoms with Crippen molar-refractivity contribution in [1.82, 2.24) is 9.97 Å². The highest BCUT2D eigenvalue weighted by Crippen LogP contribution is 2.29. The first-order valence-corrected chi connectivity index (χ1v) is 9.72. The highest BCUT2D eigenvalue weighted by Gasteiger charge is 2.31. The Kier molecular flexibility index (Phi) is 6.94. The minimum atomic E-state index is -4.79. The van der Waals surface area contributed by atoms with Crippen LogP contribution in [0.3, 0.4) is 0 Å². The van der Waals surface area contributed by atoms with Crippen LogP contribution < -0.4 is 15.4 Å². The highest BCUT2D eigenvalue weighted by atomic mass is 19.4. The summed E-state index contributed by atoms with van der Waals surface area (Å²) in [6, 6.07) is 13.6. The summed E-state index contributed by atoms with van der Waals surface area (Å²) in [7, 11) is 0. The van der Waals surface area contributed by atoms with Crippen LogP contribution in [0.5, 0.6) is 5.75 Å². The van der Waals surface area contributed by atoms with Crippen molar-refractivity contribution in [2.24, 2.45) is 0 Å². The molecule has 1 atom stereocenters. The molecule has 1 aromatic heterocycles. The summed E-state index contributed by atoms with van der Waals surface area (Å²) >= 11 is 0. The van der Waals surface area contributed by atoms with Gasteiger partial charge in [-0.25, -0.2) is 9.37 Å². The van der Waals surface area contributed by atoms with E-state index in [0.29, 0.717) is 28.6 Å². The zero-order valence-electron chi connectivity index (χ0n) is 17.0. The van der Waals surface area contributed by atoms with Crippen LogP contribution in [0.4, 0.5) is 29.3 Å². The molecule has 2 aromatic carbocycles. The maximum atomic E-state index is 13.9. The molecule has 0 aliphatic rings. The average Bonchev–Trinajstić information content (AvgIpc) is 2.72. The van der Waals surface area contributed by atoms with Gasteiger partial charge in [-0.1, -0.05) is 37.3 Å². The molecule has 3 aromatic rings. The monoisotopic (exact) mass is 434 g/mol. The lowest BCUT2D eigenvalue weighted by Gasteiger charge is -2.15. The van der Waals surface area contributed by atoms with Crippen molar-refractivity contribution in [2.75, 3.05) is 10.6 Å². The molecule has 2 N–H and O–H groups in total. The molecule has 1 heterocycles. The van der Waals surface area contributed by atoms with E-state index in [0.717, 1.165) is 6.42 Å². The van der Waals surface area contributed by atoms with Crippen LogP contribution in [0.1, 0.15) is 25.8 Å². The van der Waals surface area contributed by atoms with E-state index in [1.165, 1.54) is 24.3 Å². The molecule has 0 fully saturated rings. The fourth-order valence-electron chi connectivity index (χ4n) is 2.75. The molecule has 0 saturated heterocycles. The number of hydrogen-bond donors (Lipinski definition) is 2. The van der Waals surface area contributed by atoms with Gasteiger partial charge < -0.3 is 15.4 Å². The SMILES string of the molecule is CC[C@@H](C)Nc1nc(NCc2ccccc2F)cc(-c2cccc(OC(F)(F)F)c2)n1. The number of nitrogens with one attached hydrogen (secondary N) is 2. The van der Waals surface area contributed by atoms with Crippen LogP contribution in [0, 0.1) is 5.82 Å². The number of anilines is 2. The van der Waals surface area contributed by atoms with Crippen molar-refractivity contribution in [1.29, 1.82) is 0 Å². The lowest BCUT2D eigenvalue weighted by Crippen LogP contribution is -2.17. The molecule has 0 bridgehead atoms. The largest absolute Gasteiger partial charge is 0.573 e. The van der Waals surface area contributed by atoms with Gasteiger partial charge in [-0.2, -0.15) is 4.98 Å². The van der Waals surface area contributed by atoms with Crippen LogP contribution in [0.15, 0.2) is 54.6 Å². The molecule has 0 aliphatic carbocycles. The summed E-state index contributed by atoms with van der Waals surface area (Å²) in [4.78, 5) is 8.84. The summed E-state index contributed by atoms with van der Waals surface area (Å²) in [6.45, 7) is 4.14. The first kappa shape index (κ1) is 22.3. The number of benzene rings is 2. The first-order chi connectivity index (χ1) is 14.7. The van der Waals surface area contributed by atoms with Crippen molar-refractivity contribution in [2.45, 2.75) is 39.2 Å². The minimum Gasteiger partial charge on any atom is -0.406 e. The number of rotatable bonds is 8. The predicted octanol–water partition coefficient (Wildman–Crippen LogP) is 6.00. The van der Waals surface area contributed by atoms with Gasteiger partial charge in [0.25, 0.3) is 0 Å². The smallest absolute Gasteiger partial charge is 0.406 e. The second kappa shape index (κ2) is 9.63. The number of ether oxygens (including phenoxy) is 1. The second-order valence-corrected chi connectivity index (χ2v) is 6.94. The molecule has 0 saturated carbocycles. The van der Waals surface area contributed by atoms with Crippen molar-refractivity contribution >= 4 is 11.8 Å². The van der Waals surface area contributed by atoms with Crippen LogP contribution in [0.25, 0.3) is 11.3 Å². The molecule has 164 valence electrons. The fraction of sp³-hybridized carbons (Fsp3) is 0.273. The quantitative estimate of drug-likeness (QED) is 0.426. The highest BCUT2D eigenvalue weighted by molar-refractivity contribution is 5.66. The maximum absolute atomic E-state index is 13.9. The van der Waals surface area contributed by atoms with Crippen molar-refractivity contribution < 1.29 is 22.3 Å². The Bertz CT molecular complexity index is 1030. The van der Waals surface area contributed by atoms with E-state index in [9.17, 15) is 17.6 Å². The molecule has 31 heavy (non-hydrogen) atoms. The van der Waals surface area contributed by atoms with Crippen LogP contribution in [-0.2, 0) is 6.54 Å². The van der Waals surface area contributed by atoms with E-state index in [-0.39, 0.29) is 24.2 Å². The normalized spacial score (nSPS) is 12.3. The molecule has 0 spiro atoms.